The van der Waals surface area contributed by atoms with Crippen molar-refractivity contribution in [3.05, 3.63) is 17.5 Å². The van der Waals surface area contributed by atoms with Crippen LogP contribution in [0, 0.1) is 5.92 Å². The van der Waals surface area contributed by atoms with Crippen molar-refractivity contribution in [2.45, 2.75) is 12.8 Å². The maximum atomic E-state index is 12.4. The van der Waals surface area contributed by atoms with E-state index >= 15 is 0 Å². The smallest absolute Gasteiger partial charge is 0.243 e. The number of alkyl halides is 2. The van der Waals surface area contributed by atoms with Crippen molar-refractivity contribution in [3.63, 3.8) is 0 Å². The Labute approximate surface area is 91.1 Å². The van der Waals surface area contributed by atoms with Crippen LogP contribution in [-0.4, -0.2) is 29.5 Å². The van der Waals surface area contributed by atoms with Crippen LogP contribution in [0.1, 0.15) is 6.42 Å². The van der Waals surface area contributed by atoms with Gasteiger partial charge in [-0.3, -0.25) is 0 Å². The van der Waals surface area contributed by atoms with E-state index in [1.54, 1.807) is 6.07 Å². The van der Waals surface area contributed by atoms with Gasteiger partial charge in [-0.2, -0.15) is 0 Å². The molecule has 3 nitrogen and oxygen atoms in total. The Morgan fingerprint density at radius 2 is 2.27 bits per heavy atom. The molecular formula is C9H10ClF2N3. The van der Waals surface area contributed by atoms with Gasteiger partial charge in [0.05, 0.1) is 0 Å². The van der Waals surface area contributed by atoms with E-state index in [-0.39, 0.29) is 0 Å². The van der Waals surface area contributed by atoms with Crippen LogP contribution in [0.5, 0.6) is 0 Å². The van der Waals surface area contributed by atoms with Crippen molar-refractivity contribution >= 4 is 17.4 Å². The lowest BCUT2D eigenvalue weighted by molar-refractivity contribution is 0.0880. The Bertz CT molecular complexity index is 348. The van der Waals surface area contributed by atoms with E-state index < -0.39 is 12.3 Å². The molecule has 2 heterocycles. The molecule has 0 N–H and O–H groups in total. The van der Waals surface area contributed by atoms with Crippen molar-refractivity contribution in [3.8, 4) is 0 Å². The van der Waals surface area contributed by atoms with E-state index in [0.717, 1.165) is 0 Å². The molecule has 0 amide bonds. The molecule has 0 saturated carbocycles. The standard InChI is InChI=1S/C9H10ClF2N3/c10-7-3-8(14-5-13-7)15-2-1-6(4-15)9(11)12/h3,5-6,9H,1-2,4H2. The highest BCUT2D eigenvalue weighted by molar-refractivity contribution is 6.29. The van der Waals surface area contributed by atoms with Gasteiger partial charge in [-0.15, -0.1) is 0 Å². The minimum absolute atomic E-state index is 0.334. The molecular weight excluding hydrogens is 224 g/mol. The van der Waals surface area contributed by atoms with Crippen LogP contribution in [0.2, 0.25) is 5.15 Å². The van der Waals surface area contributed by atoms with Gasteiger partial charge in [-0.05, 0) is 6.42 Å². The highest BCUT2D eigenvalue weighted by Crippen LogP contribution is 2.26. The first-order valence-electron chi connectivity index (χ1n) is 4.67. The Morgan fingerprint density at radius 3 is 2.87 bits per heavy atom. The van der Waals surface area contributed by atoms with Gasteiger partial charge in [0.25, 0.3) is 0 Å². The molecule has 15 heavy (non-hydrogen) atoms. The van der Waals surface area contributed by atoms with Crippen LogP contribution in [0.25, 0.3) is 0 Å². The van der Waals surface area contributed by atoms with E-state index in [1.165, 1.54) is 6.33 Å². The molecule has 0 spiro atoms. The Kier molecular flexibility index (Phi) is 3.00. The zero-order valence-electron chi connectivity index (χ0n) is 7.91. The Morgan fingerprint density at radius 1 is 1.47 bits per heavy atom. The molecule has 0 radical (unpaired) electrons. The number of hydrogen-bond donors (Lipinski definition) is 0. The predicted molar refractivity (Wildman–Crippen MR) is 53.4 cm³/mol. The quantitative estimate of drug-likeness (QED) is 0.734. The molecule has 1 aromatic rings. The fourth-order valence-electron chi connectivity index (χ4n) is 1.70. The van der Waals surface area contributed by atoms with Gasteiger partial charge >= 0.3 is 0 Å². The van der Waals surface area contributed by atoms with E-state index in [9.17, 15) is 8.78 Å². The normalized spacial score (nSPS) is 21.3. The lowest BCUT2D eigenvalue weighted by atomic mass is 10.1. The zero-order chi connectivity index (χ0) is 10.8. The summed E-state index contributed by atoms with van der Waals surface area (Å²) in [6.07, 6.45) is -0.417. The molecule has 1 saturated heterocycles. The highest BCUT2D eigenvalue weighted by Gasteiger charge is 2.30. The third kappa shape index (κ3) is 2.34. The third-order valence-electron chi connectivity index (χ3n) is 2.52. The average Bonchev–Trinajstić information content (AvgIpc) is 2.66. The van der Waals surface area contributed by atoms with Gasteiger partial charge in [-0.1, -0.05) is 11.6 Å². The summed E-state index contributed by atoms with van der Waals surface area (Å²) in [5, 5.41) is 0.334. The van der Waals surface area contributed by atoms with Crippen molar-refractivity contribution in [2.24, 2.45) is 5.92 Å². The first kappa shape index (κ1) is 10.5. The number of anilines is 1. The van der Waals surface area contributed by atoms with E-state index in [1.807, 2.05) is 4.90 Å². The summed E-state index contributed by atoms with van der Waals surface area (Å²) >= 11 is 5.70. The predicted octanol–water partition coefficient (Wildman–Crippen LogP) is 2.22. The largest absolute Gasteiger partial charge is 0.356 e. The molecule has 0 aliphatic carbocycles. The molecule has 1 fully saturated rings. The monoisotopic (exact) mass is 233 g/mol. The maximum absolute atomic E-state index is 12.4. The second-order valence-corrected chi connectivity index (χ2v) is 3.92. The van der Waals surface area contributed by atoms with E-state index in [4.69, 9.17) is 11.6 Å². The van der Waals surface area contributed by atoms with Gasteiger partial charge < -0.3 is 4.90 Å². The van der Waals surface area contributed by atoms with Gasteiger partial charge in [-0.25, -0.2) is 18.7 Å². The molecule has 0 aromatic carbocycles. The summed E-state index contributed by atoms with van der Waals surface area (Å²) in [4.78, 5) is 9.56. The maximum Gasteiger partial charge on any atom is 0.243 e. The molecule has 1 unspecified atom stereocenters. The number of aromatic nitrogens is 2. The van der Waals surface area contributed by atoms with Crippen LogP contribution in [0.15, 0.2) is 12.4 Å². The van der Waals surface area contributed by atoms with Gasteiger partial charge in [0.2, 0.25) is 6.43 Å². The number of halogens is 3. The number of rotatable bonds is 2. The Balaban J connectivity index is 2.08. The van der Waals surface area contributed by atoms with Crippen molar-refractivity contribution in [1.82, 2.24) is 9.97 Å². The SMILES string of the molecule is FC(F)C1CCN(c2cc(Cl)ncn2)C1. The van der Waals surface area contributed by atoms with Crippen molar-refractivity contribution in [1.29, 1.82) is 0 Å². The zero-order valence-corrected chi connectivity index (χ0v) is 8.66. The summed E-state index contributed by atoms with van der Waals surface area (Å²) in [5.74, 6) is 0.0666. The molecule has 1 atom stereocenters. The summed E-state index contributed by atoms with van der Waals surface area (Å²) in [6, 6.07) is 1.59. The first-order valence-corrected chi connectivity index (χ1v) is 5.05. The number of hydrogen-bond acceptors (Lipinski definition) is 3. The van der Waals surface area contributed by atoms with Crippen molar-refractivity contribution < 1.29 is 8.78 Å². The highest BCUT2D eigenvalue weighted by atomic mass is 35.5. The van der Waals surface area contributed by atoms with E-state index in [0.29, 0.717) is 30.5 Å². The molecule has 1 aromatic heterocycles. The average molecular weight is 234 g/mol. The fourth-order valence-corrected chi connectivity index (χ4v) is 1.84. The molecule has 0 bridgehead atoms. The van der Waals surface area contributed by atoms with Gasteiger partial charge in [0.1, 0.15) is 17.3 Å². The second-order valence-electron chi connectivity index (χ2n) is 3.53. The lowest BCUT2D eigenvalue weighted by Crippen LogP contribution is -2.22. The summed E-state index contributed by atoms with van der Waals surface area (Å²) in [7, 11) is 0. The van der Waals surface area contributed by atoms with E-state index in [2.05, 4.69) is 9.97 Å². The summed E-state index contributed by atoms with van der Waals surface area (Å²) in [6.45, 7) is 0.938. The first-order chi connectivity index (χ1) is 7.16. The van der Waals surface area contributed by atoms with Crippen LogP contribution in [0.3, 0.4) is 0 Å². The van der Waals surface area contributed by atoms with Gasteiger partial charge in [0, 0.05) is 25.1 Å². The van der Waals surface area contributed by atoms with Crippen LogP contribution < -0.4 is 4.90 Å². The van der Waals surface area contributed by atoms with Crippen molar-refractivity contribution in [2.75, 3.05) is 18.0 Å². The fraction of sp³-hybridized carbons (Fsp3) is 0.556. The second kappa shape index (κ2) is 4.26. The minimum atomic E-state index is -2.26. The molecule has 6 heteroatoms. The summed E-state index contributed by atoms with van der Waals surface area (Å²) < 4.78 is 24.8. The van der Waals surface area contributed by atoms with Crippen LogP contribution >= 0.6 is 11.6 Å². The number of nitrogens with zero attached hydrogens (tertiary/aromatic N) is 3. The van der Waals surface area contributed by atoms with Crippen LogP contribution in [0.4, 0.5) is 14.6 Å². The topological polar surface area (TPSA) is 29.0 Å². The Hall–Kier alpha value is -0.970. The van der Waals surface area contributed by atoms with Gasteiger partial charge in [0.15, 0.2) is 0 Å². The molecule has 1 aliphatic heterocycles. The lowest BCUT2D eigenvalue weighted by Gasteiger charge is -2.16. The third-order valence-corrected chi connectivity index (χ3v) is 2.73. The van der Waals surface area contributed by atoms with Crippen LogP contribution in [-0.2, 0) is 0 Å². The minimum Gasteiger partial charge on any atom is -0.356 e. The molecule has 2 rings (SSSR count). The molecule has 82 valence electrons. The molecule has 1 aliphatic rings. The summed E-state index contributed by atoms with van der Waals surface area (Å²) in [5.41, 5.74) is 0.